The molecule has 2 aromatic rings. The van der Waals surface area contributed by atoms with E-state index in [0.717, 1.165) is 5.69 Å². The number of para-hydroxylation sites is 1. The molecule has 1 aromatic carbocycles. The molecule has 0 saturated carbocycles. The highest BCUT2D eigenvalue weighted by atomic mass is 35.5. The Hall–Kier alpha value is -1.59. The molecule has 1 heterocycles. The first kappa shape index (κ1) is 12.9. The molecule has 0 amide bonds. The van der Waals surface area contributed by atoms with Crippen molar-refractivity contribution in [2.45, 2.75) is 6.04 Å². The quantitative estimate of drug-likeness (QED) is 0.876. The molecule has 6 heteroatoms. The van der Waals surface area contributed by atoms with Crippen molar-refractivity contribution < 1.29 is 9.53 Å². The number of methoxy groups -OCH3 is 1. The minimum atomic E-state index is -0.644. The van der Waals surface area contributed by atoms with E-state index in [1.54, 1.807) is 0 Å². The first-order valence-corrected chi connectivity index (χ1v) is 6.41. The number of carbonyl (C=O) groups is 1. The fraction of sp³-hybridized carbons (Fsp3) is 0.167. The summed E-state index contributed by atoms with van der Waals surface area (Å²) >= 11 is 7.08. The van der Waals surface area contributed by atoms with Crippen molar-refractivity contribution in [3.63, 3.8) is 0 Å². The van der Waals surface area contributed by atoms with E-state index in [4.69, 9.17) is 16.3 Å². The summed E-state index contributed by atoms with van der Waals surface area (Å²) in [5.41, 5.74) is 0.819. The molecule has 0 aliphatic carbocycles. The number of hydrogen-bond acceptors (Lipinski definition) is 5. The summed E-state index contributed by atoms with van der Waals surface area (Å²) in [6.45, 7) is 0. The molecule has 0 bridgehead atoms. The SMILES string of the molecule is COC(=O)C(Nc1ccccc1)c1ncc(Cl)s1. The van der Waals surface area contributed by atoms with Gasteiger partial charge in [-0.1, -0.05) is 29.8 Å². The Kier molecular flexibility index (Phi) is 4.17. The minimum absolute atomic E-state index is 0.398. The van der Waals surface area contributed by atoms with Crippen LogP contribution in [0.1, 0.15) is 11.0 Å². The predicted molar refractivity (Wildman–Crippen MR) is 71.9 cm³/mol. The van der Waals surface area contributed by atoms with E-state index in [-0.39, 0.29) is 0 Å². The molecule has 4 nitrogen and oxygen atoms in total. The van der Waals surface area contributed by atoms with Crippen LogP contribution in [0.15, 0.2) is 36.5 Å². The van der Waals surface area contributed by atoms with Gasteiger partial charge in [-0.25, -0.2) is 9.78 Å². The van der Waals surface area contributed by atoms with Gasteiger partial charge in [0.1, 0.15) is 9.34 Å². The maximum atomic E-state index is 11.8. The second-order valence-corrected chi connectivity index (χ2v) is 5.16. The number of halogens is 1. The number of nitrogens with one attached hydrogen (secondary N) is 1. The first-order chi connectivity index (χ1) is 8.70. The number of aromatic nitrogens is 1. The Labute approximate surface area is 114 Å². The lowest BCUT2D eigenvalue weighted by molar-refractivity contribution is -0.141. The van der Waals surface area contributed by atoms with Gasteiger partial charge in [0.15, 0.2) is 6.04 Å². The van der Waals surface area contributed by atoms with E-state index < -0.39 is 12.0 Å². The summed E-state index contributed by atoms with van der Waals surface area (Å²) in [4.78, 5) is 15.9. The molecule has 18 heavy (non-hydrogen) atoms. The van der Waals surface area contributed by atoms with E-state index in [0.29, 0.717) is 9.34 Å². The third-order valence-corrected chi connectivity index (χ3v) is 3.44. The van der Waals surface area contributed by atoms with Crippen LogP contribution < -0.4 is 5.32 Å². The lowest BCUT2D eigenvalue weighted by atomic mass is 10.2. The van der Waals surface area contributed by atoms with Gasteiger partial charge in [-0.3, -0.25) is 0 Å². The standard InChI is InChI=1S/C12H11ClN2O2S/c1-17-12(16)10(11-14-7-9(13)18-11)15-8-5-3-2-4-6-8/h2-7,10,15H,1H3. The van der Waals surface area contributed by atoms with Crippen LogP contribution in [0.3, 0.4) is 0 Å². The van der Waals surface area contributed by atoms with E-state index in [2.05, 4.69) is 10.3 Å². The van der Waals surface area contributed by atoms with Crippen LogP contribution in [-0.2, 0) is 9.53 Å². The summed E-state index contributed by atoms with van der Waals surface area (Å²) in [7, 11) is 1.34. The Bertz CT molecular complexity index is 530. The molecule has 94 valence electrons. The topological polar surface area (TPSA) is 51.2 Å². The average molecular weight is 283 g/mol. The third-order valence-electron chi connectivity index (χ3n) is 2.26. The number of hydrogen-bond donors (Lipinski definition) is 1. The Morgan fingerprint density at radius 1 is 1.44 bits per heavy atom. The summed E-state index contributed by atoms with van der Waals surface area (Å²) < 4.78 is 5.31. The molecule has 0 fully saturated rings. The normalized spacial score (nSPS) is 11.9. The molecule has 0 saturated heterocycles. The molecule has 1 unspecified atom stereocenters. The van der Waals surface area contributed by atoms with E-state index in [1.165, 1.54) is 24.6 Å². The maximum absolute atomic E-state index is 11.8. The Morgan fingerprint density at radius 3 is 2.72 bits per heavy atom. The summed E-state index contributed by atoms with van der Waals surface area (Å²) in [6, 6.07) is 8.75. The number of carbonyl (C=O) groups excluding carboxylic acids is 1. The van der Waals surface area contributed by atoms with Gasteiger partial charge in [-0.05, 0) is 12.1 Å². The number of rotatable bonds is 4. The fourth-order valence-electron chi connectivity index (χ4n) is 1.44. The van der Waals surface area contributed by atoms with Crippen LogP contribution in [0.5, 0.6) is 0 Å². The Balaban J connectivity index is 2.24. The molecule has 0 aliphatic heterocycles. The molecule has 0 spiro atoms. The molecule has 1 atom stereocenters. The first-order valence-electron chi connectivity index (χ1n) is 5.21. The van der Waals surface area contributed by atoms with Gasteiger partial charge in [-0.2, -0.15) is 0 Å². The average Bonchev–Trinajstić information content (AvgIpc) is 2.83. The smallest absolute Gasteiger partial charge is 0.335 e. The van der Waals surface area contributed by atoms with Crippen molar-refractivity contribution in [1.82, 2.24) is 4.98 Å². The van der Waals surface area contributed by atoms with Crippen molar-refractivity contribution in [2.75, 3.05) is 12.4 Å². The Morgan fingerprint density at radius 2 is 2.17 bits per heavy atom. The molecule has 0 aliphatic rings. The molecule has 1 N–H and O–H groups in total. The zero-order valence-corrected chi connectivity index (χ0v) is 11.2. The molecular formula is C12H11ClN2O2S. The van der Waals surface area contributed by atoms with Crippen molar-refractivity contribution >= 4 is 34.6 Å². The van der Waals surface area contributed by atoms with Crippen LogP contribution in [0.4, 0.5) is 5.69 Å². The number of esters is 1. The number of anilines is 1. The van der Waals surface area contributed by atoms with E-state index >= 15 is 0 Å². The van der Waals surface area contributed by atoms with E-state index in [9.17, 15) is 4.79 Å². The zero-order valence-electron chi connectivity index (χ0n) is 9.59. The number of ether oxygens (including phenoxy) is 1. The molecular weight excluding hydrogens is 272 g/mol. The summed E-state index contributed by atoms with van der Waals surface area (Å²) in [5, 5.41) is 3.65. The highest BCUT2D eigenvalue weighted by Crippen LogP contribution is 2.27. The van der Waals surface area contributed by atoms with Gasteiger partial charge in [-0.15, -0.1) is 11.3 Å². The highest BCUT2D eigenvalue weighted by Gasteiger charge is 2.24. The third kappa shape index (κ3) is 3.00. The summed E-state index contributed by atoms with van der Waals surface area (Å²) in [6.07, 6.45) is 1.52. The summed E-state index contributed by atoms with van der Waals surface area (Å²) in [5.74, 6) is -0.398. The fourth-order valence-corrected chi connectivity index (χ4v) is 2.41. The minimum Gasteiger partial charge on any atom is -0.467 e. The monoisotopic (exact) mass is 282 g/mol. The van der Waals surface area contributed by atoms with Gasteiger partial charge >= 0.3 is 5.97 Å². The second kappa shape index (κ2) is 5.84. The van der Waals surface area contributed by atoms with E-state index in [1.807, 2.05) is 30.3 Å². The van der Waals surface area contributed by atoms with Crippen LogP contribution >= 0.6 is 22.9 Å². The lowest BCUT2D eigenvalue weighted by Gasteiger charge is -2.15. The van der Waals surface area contributed by atoms with Crippen LogP contribution in [0.2, 0.25) is 4.34 Å². The lowest BCUT2D eigenvalue weighted by Crippen LogP contribution is -2.22. The molecule has 1 aromatic heterocycles. The highest BCUT2D eigenvalue weighted by molar-refractivity contribution is 7.16. The van der Waals surface area contributed by atoms with Crippen molar-refractivity contribution in [3.8, 4) is 0 Å². The largest absolute Gasteiger partial charge is 0.467 e. The van der Waals surface area contributed by atoms with Crippen LogP contribution in [0, 0.1) is 0 Å². The number of thiazole rings is 1. The molecule has 2 rings (SSSR count). The van der Waals surface area contributed by atoms with Crippen molar-refractivity contribution in [3.05, 3.63) is 45.9 Å². The second-order valence-electron chi connectivity index (χ2n) is 3.47. The van der Waals surface area contributed by atoms with Crippen LogP contribution in [-0.4, -0.2) is 18.1 Å². The molecule has 0 radical (unpaired) electrons. The maximum Gasteiger partial charge on any atom is 0.335 e. The van der Waals surface area contributed by atoms with Gasteiger partial charge < -0.3 is 10.1 Å². The van der Waals surface area contributed by atoms with Crippen molar-refractivity contribution in [2.24, 2.45) is 0 Å². The number of nitrogens with zero attached hydrogens (tertiary/aromatic N) is 1. The van der Waals surface area contributed by atoms with Crippen molar-refractivity contribution in [1.29, 1.82) is 0 Å². The predicted octanol–water partition coefficient (Wildman–Crippen LogP) is 3.12. The van der Waals surface area contributed by atoms with Gasteiger partial charge in [0.05, 0.1) is 13.3 Å². The van der Waals surface area contributed by atoms with Crippen LogP contribution in [0.25, 0.3) is 0 Å². The van der Waals surface area contributed by atoms with Gasteiger partial charge in [0.25, 0.3) is 0 Å². The zero-order chi connectivity index (χ0) is 13.0. The van der Waals surface area contributed by atoms with Gasteiger partial charge in [0.2, 0.25) is 0 Å². The number of benzene rings is 1. The van der Waals surface area contributed by atoms with Gasteiger partial charge in [0, 0.05) is 5.69 Å².